The summed E-state index contributed by atoms with van der Waals surface area (Å²) in [6, 6.07) is -4.59. The average Bonchev–Trinajstić information content (AvgIpc) is 2.68. The summed E-state index contributed by atoms with van der Waals surface area (Å²) in [5.74, 6) is -4.19. The number of carbonyl (C=O) groups excluding carboxylic acids is 3. The summed E-state index contributed by atoms with van der Waals surface area (Å²) in [5.41, 5.74) is 5.87. The molecule has 0 aromatic carbocycles. The first-order valence-electron chi connectivity index (χ1n) is 10.9. The minimum absolute atomic E-state index is 0.00217. The molecule has 0 aromatic heterocycles. The highest BCUT2D eigenvalue weighted by atomic mass is 32.2. The lowest BCUT2D eigenvalue weighted by Crippen LogP contribution is -2.57. The number of amides is 3. The lowest BCUT2D eigenvalue weighted by molar-refractivity contribution is -0.144. The van der Waals surface area contributed by atoms with E-state index >= 15 is 0 Å². The normalized spacial score (nSPS) is 14.8. The van der Waals surface area contributed by atoms with E-state index in [0.717, 1.165) is 0 Å². The number of nitrogens with one attached hydrogen (secondary N) is 3. The van der Waals surface area contributed by atoms with E-state index in [0.29, 0.717) is 12.2 Å². The third kappa shape index (κ3) is 13.1. The van der Waals surface area contributed by atoms with Crippen LogP contribution in [0.4, 0.5) is 0 Å². The topological polar surface area (TPSA) is 188 Å². The zero-order valence-electron chi connectivity index (χ0n) is 19.9. The highest BCUT2D eigenvalue weighted by Gasteiger charge is 2.32. The van der Waals surface area contributed by atoms with Gasteiger partial charge in [-0.05, 0) is 43.1 Å². The number of thioether (sulfide) groups is 1. The summed E-state index contributed by atoms with van der Waals surface area (Å²) in [6.07, 6.45) is 1.91. The second-order valence-corrected chi connectivity index (χ2v) is 9.75. The Morgan fingerprint density at radius 3 is 1.70 bits per heavy atom. The summed E-state index contributed by atoms with van der Waals surface area (Å²) in [4.78, 5) is 60.6. The summed E-state index contributed by atoms with van der Waals surface area (Å²) in [6.45, 7) is 7.24. The molecule has 0 aliphatic carbocycles. The molecule has 4 atom stereocenters. The van der Waals surface area contributed by atoms with Gasteiger partial charge in [0.25, 0.3) is 0 Å². The Morgan fingerprint density at radius 1 is 0.788 bits per heavy atom. The molecular weight excluding hydrogens is 452 g/mol. The van der Waals surface area contributed by atoms with Gasteiger partial charge in [-0.2, -0.15) is 11.8 Å². The van der Waals surface area contributed by atoms with E-state index in [9.17, 15) is 34.2 Å². The average molecular weight is 491 g/mol. The number of hydrogen-bond acceptors (Lipinski definition) is 7. The van der Waals surface area contributed by atoms with Crippen molar-refractivity contribution in [2.24, 2.45) is 17.6 Å². The minimum Gasteiger partial charge on any atom is -0.481 e. The molecule has 11 nitrogen and oxygen atoms in total. The fraction of sp³-hybridized carbons (Fsp3) is 0.762. The quantitative estimate of drug-likeness (QED) is 0.175. The molecule has 0 radical (unpaired) electrons. The number of carbonyl (C=O) groups is 5. The first kappa shape index (κ1) is 30.7. The van der Waals surface area contributed by atoms with E-state index in [4.69, 9.17) is 5.73 Å². The van der Waals surface area contributed by atoms with E-state index in [-0.39, 0.29) is 24.7 Å². The number of carboxylic acid groups (broad SMARTS) is 2. The SMILES string of the molecule is CSCCC(N)C(=O)NC(CC(C)C)C(=O)NC(CC(=O)O)C(=O)NC(CC(C)C)C(=O)O. The second kappa shape index (κ2) is 15.5. The predicted molar refractivity (Wildman–Crippen MR) is 126 cm³/mol. The van der Waals surface area contributed by atoms with Gasteiger partial charge in [0, 0.05) is 0 Å². The van der Waals surface area contributed by atoms with Crippen LogP contribution in [0.1, 0.15) is 53.4 Å². The maximum atomic E-state index is 12.9. The van der Waals surface area contributed by atoms with Gasteiger partial charge in [-0.15, -0.1) is 0 Å². The van der Waals surface area contributed by atoms with Crippen molar-refractivity contribution in [3.8, 4) is 0 Å². The van der Waals surface area contributed by atoms with E-state index in [2.05, 4.69) is 16.0 Å². The Bertz CT molecular complexity index is 688. The molecule has 4 unspecified atom stereocenters. The van der Waals surface area contributed by atoms with E-state index < -0.39 is 60.2 Å². The van der Waals surface area contributed by atoms with Gasteiger partial charge in [0.05, 0.1) is 12.5 Å². The molecule has 0 heterocycles. The van der Waals surface area contributed by atoms with Crippen molar-refractivity contribution in [1.82, 2.24) is 16.0 Å². The number of hydrogen-bond donors (Lipinski definition) is 6. The number of aliphatic carboxylic acids is 2. The molecule has 0 saturated heterocycles. The highest BCUT2D eigenvalue weighted by molar-refractivity contribution is 7.98. The Kier molecular flexibility index (Phi) is 14.4. The Labute approximate surface area is 199 Å². The van der Waals surface area contributed by atoms with Gasteiger partial charge in [0.2, 0.25) is 17.7 Å². The lowest BCUT2D eigenvalue weighted by Gasteiger charge is -2.25. The zero-order chi connectivity index (χ0) is 25.7. The van der Waals surface area contributed by atoms with Crippen LogP contribution in [0.15, 0.2) is 0 Å². The summed E-state index contributed by atoms with van der Waals surface area (Å²) >= 11 is 1.53. The lowest BCUT2D eigenvalue weighted by atomic mass is 10.0. The molecule has 0 fully saturated rings. The maximum Gasteiger partial charge on any atom is 0.326 e. The van der Waals surface area contributed by atoms with Crippen molar-refractivity contribution >= 4 is 41.4 Å². The molecule has 0 aromatic rings. The molecule has 0 aliphatic rings. The van der Waals surface area contributed by atoms with Gasteiger partial charge in [-0.25, -0.2) is 4.79 Å². The van der Waals surface area contributed by atoms with Gasteiger partial charge in [-0.3, -0.25) is 19.2 Å². The van der Waals surface area contributed by atoms with Crippen LogP contribution in [0.2, 0.25) is 0 Å². The molecule has 3 amide bonds. The van der Waals surface area contributed by atoms with E-state index in [1.54, 1.807) is 13.8 Å². The van der Waals surface area contributed by atoms with Crippen LogP contribution in [0, 0.1) is 11.8 Å². The van der Waals surface area contributed by atoms with Crippen molar-refractivity contribution in [2.45, 2.75) is 77.5 Å². The molecule has 0 aliphatic heterocycles. The van der Waals surface area contributed by atoms with Crippen molar-refractivity contribution in [3.05, 3.63) is 0 Å². The minimum atomic E-state index is -1.51. The van der Waals surface area contributed by atoms with Gasteiger partial charge in [0.15, 0.2) is 0 Å². The largest absolute Gasteiger partial charge is 0.481 e. The molecular formula is C21H38N4O7S. The molecule has 33 heavy (non-hydrogen) atoms. The van der Waals surface area contributed by atoms with Gasteiger partial charge in [-0.1, -0.05) is 27.7 Å². The third-order valence-corrected chi connectivity index (χ3v) is 5.29. The zero-order valence-corrected chi connectivity index (χ0v) is 20.7. The van der Waals surface area contributed by atoms with E-state index in [1.807, 2.05) is 20.1 Å². The van der Waals surface area contributed by atoms with Crippen molar-refractivity contribution in [3.63, 3.8) is 0 Å². The monoisotopic (exact) mass is 490 g/mol. The standard InChI is InChI=1S/C21H38N4O7S/c1-11(2)8-14(23-18(28)13(22)6-7-33-5)19(29)24-15(10-17(26)27)20(30)25-16(21(31)32)9-12(3)4/h11-16H,6-10,22H2,1-5H3,(H,23,28)(H,24,29)(H,25,30)(H,26,27)(H,31,32). The van der Waals surface area contributed by atoms with Gasteiger partial charge < -0.3 is 31.9 Å². The molecule has 7 N–H and O–H groups in total. The second-order valence-electron chi connectivity index (χ2n) is 8.77. The van der Waals surface area contributed by atoms with Crippen molar-refractivity contribution < 1.29 is 34.2 Å². The molecule has 0 spiro atoms. The van der Waals surface area contributed by atoms with Crippen LogP contribution in [0.25, 0.3) is 0 Å². The van der Waals surface area contributed by atoms with Crippen LogP contribution < -0.4 is 21.7 Å². The Balaban J connectivity index is 5.48. The highest BCUT2D eigenvalue weighted by Crippen LogP contribution is 2.09. The number of rotatable bonds is 16. The van der Waals surface area contributed by atoms with Crippen LogP contribution in [0.5, 0.6) is 0 Å². The molecule has 0 rings (SSSR count). The smallest absolute Gasteiger partial charge is 0.326 e. The molecule has 0 bridgehead atoms. The number of carboxylic acids is 2. The maximum absolute atomic E-state index is 12.9. The first-order chi connectivity index (χ1) is 15.3. The van der Waals surface area contributed by atoms with Crippen molar-refractivity contribution in [1.29, 1.82) is 0 Å². The van der Waals surface area contributed by atoms with Crippen molar-refractivity contribution in [2.75, 3.05) is 12.0 Å². The number of nitrogens with two attached hydrogens (primary N) is 1. The fourth-order valence-corrected chi connectivity index (χ4v) is 3.47. The molecule has 190 valence electrons. The summed E-state index contributed by atoms with van der Waals surface area (Å²) in [5, 5.41) is 25.8. The van der Waals surface area contributed by atoms with E-state index in [1.165, 1.54) is 11.8 Å². The van der Waals surface area contributed by atoms with Crippen LogP contribution in [-0.4, -0.2) is 76.0 Å². The van der Waals surface area contributed by atoms with Gasteiger partial charge in [0.1, 0.15) is 18.1 Å². The molecule has 12 heteroatoms. The Morgan fingerprint density at radius 2 is 1.24 bits per heavy atom. The van der Waals surface area contributed by atoms with Gasteiger partial charge >= 0.3 is 11.9 Å². The van der Waals surface area contributed by atoms with Crippen LogP contribution in [0.3, 0.4) is 0 Å². The summed E-state index contributed by atoms with van der Waals surface area (Å²) in [7, 11) is 0. The summed E-state index contributed by atoms with van der Waals surface area (Å²) < 4.78 is 0. The van der Waals surface area contributed by atoms with Crippen LogP contribution in [-0.2, 0) is 24.0 Å². The first-order valence-corrected chi connectivity index (χ1v) is 12.3. The third-order valence-electron chi connectivity index (χ3n) is 4.64. The Hall–Kier alpha value is -2.34. The fourth-order valence-electron chi connectivity index (χ4n) is 2.98. The molecule has 0 saturated carbocycles. The van der Waals surface area contributed by atoms with Crippen LogP contribution >= 0.6 is 11.8 Å². The predicted octanol–water partition coefficient (Wildman–Crippen LogP) is 0.173.